The number of rotatable bonds is 8. The molecule has 0 N–H and O–H groups in total. The molecule has 58 heavy (non-hydrogen) atoms. The lowest BCUT2D eigenvalue weighted by molar-refractivity contribution is 1.25. The average Bonchev–Trinajstić information content (AvgIpc) is 3.25. The average molecular weight is 745 g/mol. The lowest BCUT2D eigenvalue weighted by Gasteiger charge is -2.29. The van der Waals surface area contributed by atoms with Crippen molar-refractivity contribution in [1.82, 2.24) is 0 Å². The van der Waals surface area contributed by atoms with Gasteiger partial charge in [0.2, 0.25) is 0 Å². The second-order valence-electron chi connectivity index (χ2n) is 15.6. The monoisotopic (exact) mass is 744 g/mol. The van der Waals surface area contributed by atoms with Gasteiger partial charge in [-0.1, -0.05) is 133 Å². The molecule has 0 aliphatic carbocycles. The molecule has 0 bridgehead atoms. The van der Waals surface area contributed by atoms with Crippen molar-refractivity contribution in [1.29, 1.82) is 0 Å². The highest BCUT2D eigenvalue weighted by Gasteiger charge is 2.21. The van der Waals surface area contributed by atoms with E-state index in [1.807, 2.05) is 0 Å². The Labute approximate surface area is 341 Å². The highest BCUT2D eigenvalue weighted by Crippen LogP contribution is 2.46. The number of para-hydroxylation sites is 2. The third kappa shape index (κ3) is 6.15. The van der Waals surface area contributed by atoms with E-state index in [4.69, 9.17) is 0 Å². The normalized spacial score (nSPS) is 11.4. The second-order valence-corrected chi connectivity index (χ2v) is 15.6. The smallest absolute Gasteiger partial charge is 0.0496 e. The Bertz CT molecular complexity index is 2830. The van der Waals surface area contributed by atoms with Crippen molar-refractivity contribution >= 4 is 66.4 Å². The molecule has 0 fully saturated rings. The molecule has 2 nitrogen and oxygen atoms in total. The predicted octanol–water partition coefficient (Wildman–Crippen LogP) is 16.1. The highest BCUT2D eigenvalue weighted by atomic mass is 15.1. The van der Waals surface area contributed by atoms with Crippen molar-refractivity contribution in [3.05, 3.63) is 216 Å². The van der Waals surface area contributed by atoms with Crippen LogP contribution >= 0.6 is 0 Å². The molecule has 0 spiro atoms. The maximum atomic E-state index is 2.43. The molecule has 2 heteroatoms. The van der Waals surface area contributed by atoms with E-state index in [0.717, 1.165) is 22.7 Å². The van der Waals surface area contributed by atoms with Crippen LogP contribution in [0.4, 0.5) is 34.1 Å². The fraction of sp³-hybridized carbons (Fsp3) is 0.0714. The van der Waals surface area contributed by atoms with Gasteiger partial charge in [0.1, 0.15) is 0 Å². The lowest BCUT2D eigenvalue weighted by atomic mass is 9.92. The van der Waals surface area contributed by atoms with Crippen LogP contribution in [0.1, 0.15) is 22.3 Å². The van der Waals surface area contributed by atoms with E-state index in [1.54, 1.807) is 0 Å². The first kappa shape index (κ1) is 35.3. The quantitative estimate of drug-likeness (QED) is 0.143. The summed E-state index contributed by atoms with van der Waals surface area (Å²) in [6.07, 6.45) is 0. The van der Waals surface area contributed by atoms with E-state index >= 15 is 0 Å². The largest absolute Gasteiger partial charge is 0.310 e. The summed E-state index contributed by atoms with van der Waals surface area (Å²) in [5, 5.41) is 7.52. The molecule has 0 aliphatic rings. The summed E-state index contributed by atoms with van der Waals surface area (Å²) in [5.74, 6) is 0. The van der Waals surface area contributed by atoms with Gasteiger partial charge >= 0.3 is 0 Å². The molecule has 0 unspecified atom stereocenters. The van der Waals surface area contributed by atoms with Gasteiger partial charge in [-0.2, -0.15) is 0 Å². The zero-order valence-electron chi connectivity index (χ0n) is 33.4. The van der Waals surface area contributed by atoms with Gasteiger partial charge < -0.3 is 9.80 Å². The lowest BCUT2D eigenvalue weighted by Crippen LogP contribution is -2.12. The molecule has 0 heterocycles. The van der Waals surface area contributed by atoms with E-state index in [2.05, 4.69) is 232 Å². The number of anilines is 6. The third-order valence-corrected chi connectivity index (χ3v) is 11.9. The van der Waals surface area contributed by atoms with E-state index in [-0.39, 0.29) is 0 Å². The SMILES string of the molecule is Cc1ccccc1-c1ccc(C)c(N(c2ccccc2)c2cc3ccc4cc(N(c5ccccc5)c5cc(-c6ccccc6C)ccc5C)cc5ccc(c2)c3c45)c1. The molecular formula is C56H44N2. The van der Waals surface area contributed by atoms with Crippen molar-refractivity contribution in [3.8, 4) is 22.3 Å². The van der Waals surface area contributed by atoms with E-state index in [9.17, 15) is 0 Å². The van der Waals surface area contributed by atoms with Gasteiger partial charge in [-0.3, -0.25) is 0 Å². The van der Waals surface area contributed by atoms with Gasteiger partial charge in [-0.05, 0) is 165 Å². The van der Waals surface area contributed by atoms with E-state index < -0.39 is 0 Å². The maximum Gasteiger partial charge on any atom is 0.0496 e. The van der Waals surface area contributed by atoms with Crippen molar-refractivity contribution < 1.29 is 0 Å². The Morgan fingerprint density at radius 3 is 0.983 bits per heavy atom. The summed E-state index contributed by atoms with van der Waals surface area (Å²) < 4.78 is 0. The van der Waals surface area contributed by atoms with E-state index in [0.29, 0.717) is 0 Å². The first-order valence-corrected chi connectivity index (χ1v) is 20.2. The van der Waals surface area contributed by atoms with E-state index in [1.165, 1.54) is 88.2 Å². The molecule has 10 rings (SSSR count). The zero-order valence-corrected chi connectivity index (χ0v) is 33.4. The standard InChI is InChI=1S/C56H44N2/c1-37-15-11-13-21-51(37)41-25-23-39(3)53(35-41)57(47-17-7-5-8-18-47)49-31-43-27-29-45-33-50(34-46-30-28-44(32-49)55(43)56(45)46)58(48-19-9-6-10-20-48)54-36-42(26-24-40(54)4)52-22-14-12-16-38(52)2/h5-36H,1-4H3. The predicted molar refractivity (Wildman–Crippen MR) is 249 cm³/mol. The first-order valence-electron chi connectivity index (χ1n) is 20.2. The molecule has 0 aromatic heterocycles. The summed E-state index contributed by atoms with van der Waals surface area (Å²) in [4.78, 5) is 4.85. The Morgan fingerprint density at radius 1 is 0.276 bits per heavy atom. The molecule has 10 aromatic rings. The number of hydrogen-bond acceptors (Lipinski definition) is 2. The fourth-order valence-electron chi connectivity index (χ4n) is 8.90. The minimum Gasteiger partial charge on any atom is -0.310 e. The number of aryl methyl sites for hydroxylation is 4. The van der Waals surface area contributed by atoms with Crippen LogP contribution in [0.5, 0.6) is 0 Å². The molecule has 0 aliphatic heterocycles. The third-order valence-electron chi connectivity index (χ3n) is 11.9. The summed E-state index contributed by atoms with van der Waals surface area (Å²) in [6, 6.07) is 71.3. The van der Waals surface area contributed by atoms with Crippen LogP contribution in [0.25, 0.3) is 54.6 Å². The van der Waals surface area contributed by atoms with Gasteiger partial charge in [-0.25, -0.2) is 0 Å². The molecule has 278 valence electrons. The highest BCUT2D eigenvalue weighted by molar-refractivity contribution is 6.24. The van der Waals surface area contributed by atoms with Gasteiger partial charge in [0.05, 0.1) is 0 Å². The van der Waals surface area contributed by atoms with Crippen LogP contribution in [-0.2, 0) is 0 Å². The summed E-state index contributed by atoms with van der Waals surface area (Å²) in [7, 11) is 0. The summed E-state index contributed by atoms with van der Waals surface area (Å²) in [5.41, 5.74) is 16.8. The second kappa shape index (κ2) is 14.4. The number of hydrogen-bond donors (Lipinski definition) is 0. The topological polar surface area (TPSA) is 6.48 Å². The van der Waals surface area contributed by atoms with Crippen LogP contribution in [0, 0.1) is 27.7 Å². The Kier molecular flexibility index (Phi) is 8.76. The van der Waals surface area contributed by atoms with Crippen LogP contribution in [0.3, 0.4) is 0 Å². The fourth-order valence-corrected chi connectivity index (χ4v) is 8.90. The summed E-state index contributed by atoms with van der Waals surface area (Å²) in [6.45, 7) is 8.81. The van der Waals surface area contributed by atoms with Gasteiger partial charge in [0, 0.05) is 34.1 Å². The molecule has 0 atom stereocenters. The molecule has 0 saturated carbocycles. The first-order chi connectivity index (χ1) is 28.4. The van der Waals surface area contributed by atoms with Gasteiger partial charge in [-0.15, -0.1) is 0 Å². The van der Waals surface area contributed by atoms with Crippen LogP contribution in [0.15, 0.2) is 194 Å². The number of nitrogens with zero attached hydrogens (tertiary/aromatic N) is 2. The van der Waals surface area contributed by atoms with Crippen molar-refractivity contribution in [2.45, 2.75) is 27.7 Å². The molecule has 0 saturated heterocycles. The van der Waals surface area contributed by atoms with Crippen molar-refractivity contribution in [2.24, 2.45) is 0 Å². The number of benzene rings is 10. The molecule has 10 aromatic carbocycles. The van der Waals surface area contributed by atoms with Crippen LogP contribution in [-0.4, -0.2) is 0 Å². The zero-order chi connectivity index (χ0) is 39.3. The minimum atomic E-state index is 1.13. The van der Waals surface area contributed by atoms with Gasteiger partial charge in [0.15, 0.2) is 0 Å². The van der Waals surface area contributed by atoms with Crippen molar-refractivity contribution in [3.63, 3.8) is 0 Å². The van der Waals surface area contributed by atoms with Crippen molar-refractivity contribution in [2.75, 3.05) is 9.80 Å². The van der Waals surface area contributed by atoms with Crippen LogP contribution < -0.4 is 9.80 Å². The molecule has 0 amide bonds. The molecule has 0 radical (unpaired) electrons. The molecular weight excluding hydrogens is 701 g/mol. The van der Waals surface area contributed by atoms with Gasteiger partial charge in [0.25, 0.3) is 0 Å². The Hall–Kier alpha value is -7.16. The summed E-state index contributed by atoms with van der Waals surface area (Å²) >= 11 is 0. The minimum absolute atomic E-state index is 1.13. The Morgan fingerprint density at radius 2 is 0.621 bits per heavy atom. The Balaban J connectivity index is 1.13. The van der Waals surface area contributed by atoms with Crippen LogP contribution in [0.2, 0.25) is 0 Å². The maximum absolute atomic E-state index is 2.43.